The third kappa shape index (κ3) is 4.33. The molecule has 4 rings (SSSR count). The predicted molar refractivity (Wildman–Crippen MR) is 107 cm³/mol. The van der Waals surface area contributed by atoms with Crippen LogP contribution in [0, 0.1) is 12.8 Å². The van der Waals surface area contributed by atoms with Crippen molar-refractivity contribution in [2.45, 2.75) is 45.2 Å². The van der Waals surface area contributed by atoms with Crippen molar-refractivity contribution in [3.05, 3.63) is 35.8 Å². The summed E-state index contributed by atoms with van der Waals surface area (Å²) in [5.41, 5.74) is 3.04. The largest absolute Gasteiger partial charge is 0.350 e. The molecule has 6 heteroatoms. The van der Waals surface area contributed by atoms with Gasteiger partial charge in [0.2, 0.25) is 5.91 Å². The van der Waals surface area contributed by atoms with Crippen molar-refractivity contribution in [1.29, 1.82) is 0 Å². The average molecular weight is 370 g/mol. The molecular weight excluding hydrogens is 338 g/mol. The first-order valence-electron chi connectivity index (χ1n) is 10.2. The van der Waals surface area contributed by atoms with Gasteiger partial charge in [-0.15, -0.1) is 0 Å². The van der Waals surface area contributed by atoms with Crippen LogP contribution in [-0.2, 0) is 11.3 Å². The number of aromatic nitrogens is 2. The Hall–Kier alpha value is -1.92. The Balaban J connectivity index is 1.32. The van der Waals surface area contributed by atoms with E-state index in [0.717, 1.165) is 37.3 Å². The Morgan fingerprint density at radius 1 is 1.26 bits per heavy atom. The van der Waals surface area contributed by atoms with E-state index in [4.69, 9.17) is 0 Å². The summed E-state index contributed by atoms with van der Waals surface area (Å²) in [6.45, 7) is 6.96. The number of hydrogen-bond donors (Lipinski definition) is 1. The molecule has 1 atom stereocenters. The lowest BCUT2D eigenvalue weighted by molar-refractivity contribution is -0.127. The van der Waals surface area contributed by atoms with Crippen LogP contribution in [0.15, 0.2) is 24.5 Å². The summed E-state index contributed by atoms with van der Waals surface area (Å²) in [5.74, 6) is 0.290. The van der Waals surface area contributed by atoms with Crippen LogP contribution >= 0.6 is 0 Å². The molecule has 0 radical (unpaired) electrons. The molecule has 2 aliphatic rings. The lowest BCUT2D eigenvalue weighted by Crippen LogP contribution is -2.50. The molecule has 2 aliphatic heterocycles. The van der Waals surface area contributed by atoms with E-state index in [1.807, 2.05) is 16.8 Å². The maximum absolute atomic E-state index is 12.7. The van der Waals surface area contributed by atoms with Gasteiger partial charge >= 0.3 is 0 Å². The van der Waals surface area contributed by atoms with Gasteiger partial charge in [0.15, 0.2) is 0 Å². The van der Waals surface area contributed by atoms with E-state index >= 15 is 0 Å². The van der Waals surface area contributed by atoms with Crippen molar-refractivity contribution in [2.75, 3.05) is 33.2 Å². The molecule has 1 N–H and O–H groups in total. The van der Waals surface area contributed by atoms with Crippen molar-refractivity contribution in [1.82, 2.24) is 24.5 Å². The van der Waals surface area contributed by atoms with E-state index in [9.17, 15) is 4.79 Å². The number of carbonyl (C=O) groups excluding carboxylic acids is 1. The molecule has 0 bridgehead atoms. The second-order valence-corrected chi connectivity index (χ2v) is 8.29. The van der Waals surface area contributed by atoms with E-state index in [1.165, 1.54) is 31.5 Å². The van der Waals surface area contributed by atoms with Crippen molar-refractivity contribution in [3.8, 4) is 0 Å². The van der Waals surface area contributed by atoms with E-state index in [0.29, 0.717) is 12.6 Å². The molecule has 2 fully saturated rings. The first-order chi connectivity index (χ1) is 13.1. The Kier molecular flexibility index (Phi) is 5.45. The zero-order valence-corrected chi connectivity index (χ0v) is 16.5. The number of nitrogens with one attached hydrogen (secondary N) is 1. The number of carbonyl (C=O) groups is 1. The molecule has 146 valence electrons. The maximum atomic E-state index is 12.7. The monoisotopic (exact) mass is 369 g/mol. The molecule has 2 aromatic heterocycles. The molecular formula is C21H31N5O. The summed E-state index contributed by atoms with van der Waals surface area (Å²) in [4.78, 5) is 22.3. The van der Waals surface area contributed by atoms with Crippen molar-refractivity contribution < 1.29 is 4.79 Å². The molecule has 0 saturated carbocycles. The first kappa shape index (κ1) is 18.4. The minimum atomic E-state index is 0.109. The standard InChI is InChI=1S/C21H31N5O/c1-16-5-11-26-15-18(23-20(26)12-16)13-22-21(27)17-4-3-8-25(14-17)19-6-9-24(2)10-7-19/h5,11-12,15,17,19H,3-4,6-10,13-14H2,1-2H3,(H,22,27). The second kappa shape index (κ2) is 7.98. The Morgan fingerprint density at radius 2 is 2.07 bits per heavy atom. The van der Waals surface area contributed by atoms with Gasteiger partial charge in [-0.05, 0) is 77.0 Å². The van der Waals surface area contributed by atoms with Gasteiger partial charge in [0.25, 0.3) is 0 Å². The highest BCUT2D eigenvalue weighted by Gasteiger charge is 2.31. The fourth-order valence-corrected chi connectivity index (χ4v) is 4.46. The summed E-state index contributed by atoms with van der Waals surface area (Å²) in [7, 11) is 2.20. The number of fused-ring (bicyclic) bond motifs is 1. The van der Waals surface area contributed by atoms with Crippen LogP contribution in [-0.4, -0.2) is 64.4 Å². The van der Waals surface area contributed by atoms with Crippen LogP contribution in [0.3, 0.4) is 0 Å². The summed E-state index contributed by atoms with van der Waals surface area (Å²) < 4.78 is 2.01. The van der Waals surface area contributed by atoms with Crippen molar-refractivity contribution in [2.24, 2.45) is 5.92 Å². The summed E-state index contributed by atoms with van der Waals surface area (Å²) in [6, 6.07) is 4.78. The Labute approximate surface area is 161 Å². The third-order valence-electron chi connectivity index (χ3n) is 6.14. The average Bonchev–Trinajstić information content (AvgIpc) is 3.09. The van der Waals surface area contributed by atoms with Crippen LogP contribution < -0.4 is 5.32 Å². The van der Waals surface area contributed by atoms with E-state index in [1.54, 1.807) is 0 Å². The SMILES string of the molecule is Cc1ccn2cc(CNC(=O)C3CCCN(C4CCN(C)CC4)C3)nc2c1. The molecule has 0 spiro atoms. The van der Waals surface area contributed by atoms with E-state index < -0.39 is 0 Å². The highest BCUT2D eigenvalue weighted by atomic mass is 16.1. The molecule has 4 heterocycles. The molecule has 2 saturated heterocycles. The molecule has 2 aromatic rings. The van der Waals surface area contributed by atoms with Crippen molar-refractivity contribution >= 4 is 11.6 Å². The van der Waals surface area contributed by atoms with Crippen LogP contribution in [0.2, 0.25) is 0 Å². The molecule has 1 unspecified atom stereocenters. The summed E-state index contributed by atoms with van der Waals surface area (Å²) >= 11 is 0. The molecule has 0 aliphatic carbocycles. The number of amides is 1. The first-order valence-corrected chi connectivity index (χ1v) is 10.2. The summed E-state index contributed by atoms with van der Waals surface area (Å²) in [6.07, 6.45) is 8.60. The number of likely N-dealkylation sites (tertiary alicyclic amines) is 2. The fourth-order valence-electron chi connectivity index (χ4n) is 4.46. The van der Waals surface area contributed by atoms with Gasteiger partial charge in [-0.1, -0.05) is 0 Å². The zero-order valence-electron chi connectivity index (χ0n) is 16.5. The van der Waals surface area contributed by atoms with Gasteiger partial charge in [-0.25, -0.2) is 4.98 Å². The predicted octanol–water partition coefficient (Wildman–Crippen LogP) is 2.07. The van der Waals surface area contributed by atoms with Gasteiger partial charge in [0.05, 0.1) is 18.2 Å². The summed E-state index contributed by atoms with van der Waals surface area (Å²) in [5, 5.41) is 3.13. The van der Waals surface area contributed by atoms with E-state index in [-0.39, 0.29) is 11.8 Å². The van der Waals surface area contributed by atoms with Gasteiger partial charge in [-0.2, -0.15) is 0 Å². The minimum absolute atomic E-state index is 0.109. The topological polar surface area (TPSA) is 52.9 Å². The number of pyridine rings is 1. The van der Waals surface area contributed by atoms with Gasteiger partial charge < -0.3 is 14.6 Å². The minimum Gasteiger partial charge on any atom is -0.350 e. The molecule has 1 amide bonds. The lowest BCUT2D eigenvalue weighted by atomic mass is 9.93. The number of piperidine rings is 2. The molecule has 6 nitrogen and oxygen atoms in total. The lowest BCUT2D eigenvalue weighted by Gasteiger charge is -2.41. The second-order valence-electron chi connectivity index (χ2n) is 8.29. The molecule has 0 aromatic carbocycles. The van der Waals surface area contributed by atoms with E-state index in [2.05, 4.69) is 46.2 Å². The normalized spacial score (nSPS) is 23.0. The smallest absolute Gasteiger partial charge is 0.224 e. The van der Waals surface area contributed by atoms with Crippen LogP contribution in [0.4, 0.5) is 0 Å². The molecule has 27 heavy (non-hydrogen) atoms. The quantitative estimate of drug-likeness (QED) is 0.896. The van der Waals surface area contributed by atoms with Crippen LogP contribution in [0.5, 0.6) is 0 Å². The van der Waals surface area contributed by atoms with Crippen molar-refractivity contribution in [3.63, 3.8) is 0 Å². The van der Waals surface area contributed by atoms with Gasteiger partial charge in [0, 0.05) is 25.0 Å². The number of imidazole rings is 1. The van der Waals surface area contributed by atoms with Crippen LogP contribution in [0.25, 0.3) is 5.65 Å². The van der Waals surface area contributed by atoms with Gasteiger partial charge in [-0.3, -0.25) is 9.69 Å². The fraction of sp³-hybridized carbons (Fsp3) is 0.619. The Bertz CT molecular complexity index is 793. The number of aryl methyl sites for hydroxylation is 1. The van der Waals surface area contributed by atoms with Gasteiger partial charge in [0.1, 0.15) is 5.65 Å². The third-order valence-corrected chi connectivity index (χ3v) is 6.14. The highest BCUT2D eigenvalue weighted by molar-refractivity contribution is 5.78. The number of rotatable bonds is 4. The number of nitrogens with zero attached hydrogens (tertiary/aromatic N) is 4. The zero-order chi connectivity index (χ0) is 18.8. The number of hydrogen-bond acceptors (Lipinski definition) is 4. The highest BCUT2D eigenvalue weighted by Crippen LogP contribution is 2.23. The maximum Gasteiger partial charge on any atom is 0.224 e. The Morgan fingerprint density at radius 3 is 2.89 bits per heavy atom. The van der Waals surface area contributed by atoms with Crippen LogP contribution in [0.1, 0.15) is 36.9 Å².